The predicted molar refractivity (Wildman–Crippen MR) is 93.2 cm³/mol. The van der Waals surface area contributed by atoms with Gasteiger partial charge in [-0.2, -0.15) is 0 Å². The monoisotopic (exact) mass is 324 g/mol. The van der Waals surface area contributed by atoms with Crippen molar-refractivity contribution in [2.45, 2.75) is 27.1 Å². The summed E-state index contributed by atoms with van der Waals surface area (Å²) in [6, 6.07) is 11.5. The summed E-state index contributed by atoms with van der Waals surface area (Å²) in [5, 5.41) is 1.91. The normalized spacial score (nSPS) is 10.2. The molecule has 0 N–H and O–H groups in total. The van der Waals surface area contributed by atoms with Crippen molar-refractivity contribution in [2.24, 2.45) is 0 Å². The maximum atomic E-state index is 11.6. The van der Waals surface area contributed by atoms with E-state index in [1.165, 1.54) is 0 Å². The number of carbonyl (C=O) groups excluding carboxylic acids is 2. The first kappa shape index (κ1) is 17.5. The highest BCUT2D eigenvalue weighted by Gasteiger charge is 2.11. The molecular weight excluding hydrogens is 304 g/mol. The lowest BCUT2D eigenvalue weighted by Crippen LogP contribution is -2.07. The molecule has 0 aliphatic carbocycles. The molecule has 0 amide bonds. The average molecular weight is 324 g/mol. The lowest BCUT2D eigenvalue weighted by molar-refractivity contribution is -0.140. The topological polar surface area (TPSA) is 52.6 Å². The van der Waals surface area contributed by atoms with E-state index in [4.69, 9.17) is 9.47 Å². The number of esters is 2. The van der Waals surface area contributed by atoms with Gasteiger partial charge in [0.05, 0.1) is 0 Å². The van der Waals surface area contributed by atoms with E-state index in [1.807, 2.05) is 36.4 Å². The summed E-state index contributed by atoms with van der Waals surface area (Å²) in [6.07, 6.45) is 0. The maximum Gasteiger partial charge on any atom is 0.333 e. The third-order valence-corrected chi connectivity index (χ3v) is 3.49. The van der Waals surface area contributed by atoms with Crippen LogP contribution in [0.15, 0.2) is 60.7 Å². The summed E-state index contributed by atoms with van der Waals surface area (Å²) < 4.78 is 10.5. The van der Waals surface area contributed by atoms with Gasteiger partial charge >= 0.3 is 11.9 Å². The summed E-state index contributed by atoms with van der Waals surface area (Å²) in [4.78, 5) is 23.3. The second-order valence-electron chi connectivity index (χ2n) is 5.65. The van der Waals surface area contributed by atoms with Crippen molar-refractivity contribution >= 4 is 22.7 Å². The van der Waals surface area contributed by atoms with E-state index < -0.39 is 11.9 Å². The SMILES string of the molecule is C=C(C)C(=O)OCc1cccc2cccc(COC(=O)C(=C)C)c12. The van der Waals surface area contributed by atoms with Gasteiger partial charge in [-0.3, -0.25) is 0 Å². The molecule has 2 rings (SSSR count). The van der Waals surface area contributed by atoms with Gasteiger partial charge in [0, 0.05) is 11.1 Å². The van der Waals surface area contributed by atoms with E-state index in [-0.39, 0.29) is 13.2 Å². The van der Waals surface area contributed by atoms with Crippen molar-refractivity contribution < 1.29 is 19.1 Å². The minimum atomic E-state index is -0.432. The molecule has 0 radical (unpaired) electrons. The fourth-order valence-electron chi connectivity index (χ4n) is 2.28. The fraction of sp³-hybridized carbons (Fsp3) is 0.200. The number of benzene rings is 2. The van der Waals surface area contributed by atoms with Crippen molar-refractivity contribution in [2.75, 3.05) is 0 Å². The molecule has 0 aromatic heterocycles. The zero-order valence-electron chi connectivity index (χ0n) is 13.9. The van der Waals surface area contributed by atoms with Gasteiger partial charge in [-0.25, -0.2) is 9.59 Å². The van der Waals surface area contributed by atoms with Crippen LogP contribution in [-0.4, -0.2) is 11.9 Å². The Hall–Kier alpha value is -2.88. The van der Waals surface area contributed by atoms with Crippen LogP contribution >= 0.6 is 0 Å². The average Bonchev–Trinajstić information content (AvgIpc) is 2.56. The Morgan fingerprint density at radius 3 is 1.62 bits per heavy atom. The second kappa shape index (κ2) is 7.59. The molecule has 124 valence electrons. The van der Waals surface area contributed by atoms with Crippen molar-refractivity contribution in [1.29, 1.82) is 0 Å². The van der Waals surface area contributed by atoms with Crippen molar-refractivity contribution in [3.8, 4) is 0 Å². The molecule has 4 heteroatoms. The molecule has 0 aliphatic rings. The summed E-state index contributed by atoms with van der Waals surface area (Å²) >= 11 is 0. The third kappa shape index (κ3) is 4.10. The first-order chi connectivity index (χ1) is 11.4. The van der Waals surface area contributed by atoms with Gasteiger partial charge in [-0.15, -0.1) is 0 Å². The summed E-state index contributed by atoms with van der Waals surface area (Å²) in [6.45, 7) is 10.6. The Morgan fingerprint density at radius 2 is 1.25 bits per heavy atom. The zero-order chi connectivity index (χ0) is 17.7. The number of hydrogen-bond donors (Lipinski definition) is 0. The van der Waals surface area contributed by atoms with E-state index in [1.54, 1.807) is 13.8 Å². The molecule has 0 saturated carbocycles. The number of hydrogen-bond acceptors (Lipinski definition) is 4. The molecule has 0 bridgehead atoms. The van der Waals surface area contributed by atoms with Gasteiger partial charge in [0.1, 0.15) is 13.2 Å². The van der Waals surface area contributed by atoms with Crippen molar-refractivity contribution in [3.05, 3.63) is 71.8 Å². The minimum Gasteiger partial charge on any atom is -0.457 e. The molecule has 0 heterocycles. The van der Waals surface area contributed by atoms with Gasteiger partial charge in [0.15, 0.2) is 0 Å². The van der Waals surface area contributed by atoms with Crippen molar-refractivity contribution in [3.63, 3.8) is 0 Å². The smallest absolute Gasteiger partial charge is 0.333 e. The van der Waals surface area contributed by atoms with Crippen molar-refractivity contribution in [1.82, 2.24) is 0 Å². The minimum absolute atomic E-state index is 0.133. The first-order valence-corrected chi connectivity index (χ1v) is 7.55. The maximum absolute atomic E-state index is 11.6. The van der Waals surface area contributed by atoms with E-state index in [2.05, 4.69) is 13.2 Å². The van der Waals surface area contributed by atoms with Crippen LogP contribution in [0.5, 0.6) is 0 Å². The van der Waals surface area contributed by atoms with Gasteiger partial charge in [-0.1, -0.05) is 49.6 Å². The molecule has 4 nitrogen and oxygen atoms in total. The second-order valence-corrected chi connectivity index (χ2v) is 5.65. The third-order valence-electron chi connectivity index (χ3n) is 3.49. The quantitative estimate of drug-likeness (QED) is 0.593. The van der Waals surface area contributed by atoms with Crippen LogP contribution in [0.1, 0.15) is 25.0 Å². The van der Waals surface area contributed by atoms with Crippen LogP contribution in [0.4, 0.5) is 0 Å². The molecule has 0 saturated heterocycles. The number of fused-ring (bicyclic) bond motifs is 1. The van der Waals surface area contributed by atoms with Crippen LogP contribution in [0, 0.1) is 0 Å². The number of rotatable bonds is 6. The highest BCUT2D eigenvalue weighted by atomic mass is 16.5. The van der Waals surface area contributed by atoms with E-state index in [0.29, 0.717) is 11.1 Å². The molecule has 0 fully saturated rings. The lowest BCUT2D eigenvalue weighted by Gasteiger charge is -2.13. The highest BCUT2D eigenvalue weighted by molar-refractivity contribution is 5.91. The molecular formula is C20H20O4. The van der Waals surface area contributed by atoms with Gasteiger partial charge in [0.25, 0.3) is 0 Å². The molecule has 2 aromatic rings. The van der Waals surface area contributed by atoms with Crippen LogP contribution < -0.4 is 0 Å². The molecule has 24 heavy (non-hydrogen) atoms. The fourth-order valence-corrected chi connectivity index (χ4v) is 2.28. The van der Waals surface area contributed by atoms with E-state index in [0.717, 1.165) is 21.9 Å². The molecule has 2 aromatic carbocycles. The largest absolute Gasteiger partial charge is 0.457 e. The summed E-state index contributed by atoms with van der Waals surface area (Å²) in [7, 11) is 0. The Bertz CT molecular complexity index is 753. The predicted octanol–water partition coefficient (Wildman–Crippen LogP) is 4.08. The molecule has 0 aliphatic heterocycles. The first-order valence-electron chi connectivity index (χ1n) is 7.55. The van der Waals surface area contributed by atoms with Crippen LogP contribution in [0.3, 0.4) is 0 Å². The van der Waals surface area contributed by atoms with Crippen LogP contribution in [0.2, 0.25) is 0 Å². The summed E-state index contributed by atoms with van der Waals surface area (Å²) in [5.74, 6) is -0.864. The molecule has 0 spiro atoms. The number of carbonyl (C=O) groups is 2. The Balaban J connectivity index is 2.31. The molecule has 0 unspecified atom stereocenters. The standard InChI is InChI=1S/C20H20O4/c1-13(2)19(21)23-11-16-9-5-7-15-8-6-10-17(18(15)16)12-24-20(22)14(3)4/h5-10H,1,3,11-12H2,2,4H3. The Labute approximate surface area is 141 Å². The lowest BCUT2D eigenvalue weighted by atomic mass is 10.00. The number of ether oxygens (including phenoxy) is 2. The van der Waals surface area contributed by atoms with E-state index in [9.17, 15) is 9.59 Å². The van der Waals surface area contributed by atoms with Crippen LogP contribution in [0.25, 0.3) is 10.8 Å². The van der Waals surface area contributed by atoms with Gasteiger partial charge in [-0.05, 0) is 35.7 Å². The highest BCUT2D eigenvalue weighted by Crippen LogP contribution is 2.25. The van der Waals surface area contributed by atoms with Crippen LogP contribution in [-0.2, 0) is 32.3 Å². The molecule has 0 atom stereocenters. The van der Waals surface area contributed by atoms with Gasteiger partial charge in [0.2, 0.25) is 0 Å². The zero-order valence-corrected chi connectivity index (χ0v) is 13.9. The Morgan fingerprint density at radius 1 is 0.833 bits per heavy atom. The summed E-state index contributed by atoms with van der Waals surface area (Å²) in [5.41, 5.74) is 2.41. The van der Waals surface area contributed by atoms with Gasteiger partial charge < -0.3 is 9.47 Å². The Kier molecular flexibility index (Phi) is 5.53. The van der Waals surface area contributed by atoms with E-state index >= 15 is 0 Å².